The normalized spacial score (nSPS) is 11.1. The molecule has 0 aliphatic heterocycles. The number of hydrogen-bond donors (Lipinski definition) is 1. The van der Waals surface area contributed by atoms with Crippen molar-refractivity contribution >= 4 is 11.9 Å². The van der Waals surface area contributed by atoms with Gasteiger partial charge < -0.3 is 0 Å². The number of aromatic nitrogens is 5. The van der Waals surface area contributed by atoms with Crippen molar-refractivity contribution in [1.82, 2.24) is 24.5 Å². The molecule has 0 aliphatic rings. The molecule has 0 bridgehead atoms. The quantitative estimate of drug-likeness (QED) is 0.733. The maximum Gasteiger partial charge on any atom is 0.280 e. The molecule has 2 aromatic heterocycles. The fourth-order valence-corrected chi connectivity index (χ4v) is 2.48. The summed E-state index contributed by atoms with van der Waals surface area (Å²) in [6, 6.07) is 9.23. The summed E-state index contributed by atoms with van der Waals surface area (Å²) >= 11 is 0. The predicted molar refractivity (Wildman–Crippen MR) is 90.9 cm³/mol. The molecule has 3 aromatic rings. The molecule has 0 saturated carbocycles. The van der Waals surface area contributed by atoms with E-state index in [0.717, 1.165) is 15.8 Å². The Hall–Kier alpha value is -3.10. The molecule has 3 rings (SSSR count). The smallest absolute Gasteiger partial charge is 0.280 e. The van der Waals surface area contributed by atoms with Crippen molar-refractivity contribution in [2.45, 2.75) is 33.4 Å². The van der Waals surface area contributed by atoms with Crippen LogP contribution >= 0.6 is 0 Å². The van der Waals surface area contributed by atoms with E-state index in [0.29, 0.717) is 12.2 Å². The molecule has 9 heteroatoms. The standard InChI is InChI=1S/C17H18F2N6O/c1-11-3-5-13(6-4-11)8-24-10-20-17(23-24)21-15(26)9-25-14(16(18)19)7-12(2)22-25/h3-7,10,16H,8-9H2,1-2H3,(H,21,23,26). The number of halogens is 2. The Balaban J connectivity index is 1.62. The highest BCUT2D eigenvalue weighted by atomic mass is 19.3. The van der Waals surface area contributed by atoms with Gasteiger partial charge in [0.1, 0.15) is 18.6 Å². The summed E-state index contributed by atoms with van der Waals surface area (Å²) in [7, 11) is 0. The second-order valence-corrected chi connectivity index (χ2v) is 5.97. The predicted octanol–water partition coefficient (Wildman–Crippen LogP) is 2.72. The van der Waals surface area contributed by atoms with Crippen LogP contribution in [0.4, 0.5) is 14.7 Å². The van der Waals surface area contributed by atoms with E-state index < -0.39 is 12.3 Å². The molecule has 7 nitrogen and oxygen atoms in total. The van der Waals surface area contributed by atoms with Gasteiger partial charge in [0.2, 0.25) is 11.9 Å². The third-order valence-electron chi connectivity index (χ3n) is 3.70. The second kappa shape index (κ2) is 7.42. The first-order valence-electron chi connectivity index (χ1n) is 7.98. The molecule has 0 spiro atoms. The maximum absolute atomic E-state index is 12.9. The molecule has 0 radical (unpaired) electrons. The lowest BCUT2D eigenvalue weighted by Gasteiger charge is -2.06. The van der Waals surface area contributed by atoms with Crippen LogP contribution in [0.5, 0.6) is 0 Å². The van der Waals surface area contributed by atoms with Gasteiger partial charge in [0, 0.05) is 0 Å². The van der Waals surface area contributed by atoms with Crippen LogP contribution < -0.4 is 5.32 Å². The first-order chi connectivity index (χ1) is 12.4. The summed E-state index contributed by atoms with van der Waals surface area (Å²) in [5.74, 6) is -0.410. The van der Waals surface area contributed by atoms with E-state index in [1.165, 1.54) is 12.4 Å². The average Bonchev–Trinajstić information content (AvgIpc) is 3.16. The third kappa shape index (κ3) is 4.29. The summed E-state index contributed by atoms with van der Waals surface area (Å²) in [6.45, 7) is 3.78. The number of rotatable bonds is 6. The molecule has 0 saturated heterocycles. The summed E-state index contributed by atoms with van der Waals surface area (Å²) in [5, 5.41) is 10.6. The summed E-state index contributed by atoms with van der Waals surface area (Å²) in [4.78, 5) is 16.1. The van der Waals surface area contributed by atoms with Crippen LogP contribution in [0.25, 0.3) is 0 Å². The van der Waals surface area contributed by atoms with Crippen LogP contribution in [0.2, 0.25) is 0 Å². The average molecular weight is 360 g/mol. The summed E-state index contributed by atoms with van der Waals surface area (Å²) in [6.07, 6.45) is -1.20. The van der Waals surface area contributed by atoms with Crippen molar-refractivity contribution in [2.75, 3.05) is 5.32 Å². The van der Waals surface area contributed by atoms with Gasteiger partial charge in [-0.1, -0.05) is 29.8 Å². The highest BCUT2D eigenvalue weighted by Gasteiger charge is 2.18. The van der Waals surface area contributed by atoms with E-state index in [1.54, 1.807) is 11.6 Å². The van der Waals surface area contributed by atoms with Crippen LogP contribution in [0, 0.1) is 13.8 Å². The van der Waals surface area contributed by atoms with Crippen LogP contribution in [-0.2, 0) is 17.9 Å². The molecule has 136 valence electrons. The Bertz CT molecular complexity index is 900. The Morgan fingerprint density at radius 3 is 2.62 bits per heavy atom. The number of anilines is 1. The van der Waals surface area contributed by atoms with E-state index in [-0.39, 0.29) is 18.2 Å². The molecule has 1 aromatic carbocycles. The van der Waals surface area contributed by atoms with Gasteiger partial charge in [-0.2, -0.15) is 5.10 Å². The van der Waals surface area contributed by atoms with E-state index in [2.05, 4.69) is 20.5 Å². The van der Waals surface area contributed by atoms with Gasteiger partial charge in [0.25, 0.3) is 6.43 Å². The molecule has 2 heterocycles. The molecule has 26 heavy (non-hydrogen) atoms. The number of hydrogen-bond acceptors (Lipinski definition) is 4. The lowest BCUT2D eigenvalue weighted by molar-refractivity contribution is -0.117. The van der Waals surface area contributed by atoms with E-state index in [4.69, 9.17) is 0 Å². The Kier molecular flexibility index (Phi) is 5.06. The van der Waals surface area contributed by atoms with Gasteiger partial charge in [-0.05, 0) is 25.5 Å². The Morgan fingerprint density at radius 1 is 1.19 bits per heavy atom. The molecular formula is C17H18F2N6O. The van der Waals surface area contributed by atoms with Gasteiger partial charge in [-0.25, -0.2) is 18.4 Å². The molecule has 0 atom stereocenters. The van der Waals surface area contributed by atoms with Crippen molar-refractivity contribution in [1.29, 1.82) is 0 Å². The topological polar surface area (TPSA) is 77.6 Å². The minimum atomic E-state index is -2.70. The Morgan fingerprint density at radius 2 is 1.92 bits per heavy atom. The van der Waals surface area contributed by atoms with Crippen molar-refractivity contribution in [3.63, 3.8) is 0 Å². The SMILES string of the molecule is Cc1ccc(Cn2cnc(NC(=O)Cn3nc(C)cc3C(F)F)n2)cc1. The summed E-state index contributed by atoms with van der Waals surface area (Å²) < 4.78 is 28.4. The zero-order valence-electron chi connectivity index (χ0n) is 14.4. The van der Waals surface area contributed by atoms with Crippen molar-refractivity contribution < 1.29 is 13.6 Å². The second-order valence-electron chi connectivity index (χ2n) is 5.97. The van der Waals surface area contributed by atoms with Crippen LogP contribution in [0.15, 0.2) is 36.7 Å². The van der Waals surface area contributed by atoms with E-state index in [1.807, 2.05) is 31.2 Å². The van der Waals surface area contributed by atoms with Crippen LogP contribution in [0.3, 0.4) is 0 Å². The van der Waals surface area contributed by atoms with Gasteiger partial charge in [0.05, 0.1) is 12.2 Å². The number of benzene rings is 1. The zero-order chi connectivity index (χ0) is 18.7. The van der Waals surface area contributed by atoms with Crippen LogP contribution in [0.1, 0.15) is 28.9 Å². The number of aryl methyl sites for hydroxylation is 2. The van der Waals surface area contributed by atoms with Crippen molar-refractivity contribution in [3.8, 4) is 0 Å². The molecular weight excluding hydrogens is 342 g/mol. The number of alkyl halides is 2. The first-order valence-corrected chi connectivity index (χ1v) is 7.98. The number of carbonyl (C=O) groups excluding carboxylic acids is 1. The fourth-order valence-electron chi connectivity index (χ4n) is 2.48. The first kappa shape index (κ1) is 17.7. The number of nitrogens with one attached hydrogen (secondary N) is 1. The molecule has 1 N–H and O–H groups in total. The lowest BCUT2D eigenvalue weighted by atomic mass is 10.1. The molecule has 0 unspecified atom stereocenters. The lowest BCUT2D eigenvalue weighted by Crippen LogP contribution is -2.21. The molecule has 0 fully saturated rings. The molecule has 1 amide bonds. The van der Waals surface area contributed by atoms with Gasteiger partial charge in [0.15, 0.2) is 0 Å². The highest BCUT2D eigenvalue weighted by Crippen LogP contribution is 2.19. The van der Waals surface area contributed by atoms with Crippen molar-refractivity contribution in [2.24, 2.45) is 0 Å². The van der Waals surface area contributed by atoms with E-state index in [9.17, 15) is 13.6 Å². The van der Waals surface area contributed by atoms with E-state index >= 15 is 0 Å². The fraction of sp³-hybridized carbons (Fsp3) is 0.294. The monoisotopic (exact) mass is 360 g/mol. The number of carbonyl (C=O) groups is 1. The van der Waals surface area contributed by atoms with Gasteiger partial charge in [-0.3, -0.25) is 14.8 Å². The van der Waals surface area contributed by atoms with Gasteiger partial charge in [-0.15, -0.1) is 5.10 Å². The highest BCUT2D eigenvalue weighted by molar-refractivity contribution is 5.88. The van der Waals surface area contributed by atoms with Crippen molar-refractivity contribution in [3.05, 3.63) is 59.2 Å². The number of amides is 1. The minimum Gasteiger partial charge on any atom is -0.292 e. The maximum atomic E-state index is 12.9. The Labute approximate surface area is 148 Å². The largest absolute Gasteiger partial charge is 0.292 e. The minimum absolute atomic E-state index is 0.115. The van der Waals surface area contributed by atoms with Gasteiger partial charge >= 0.3 is 0 Å². The number of nitrogens with zero attached hydrogens (tertiary/aromatic N) is 5. The summed E-state index contributed by atoms with van der Waals surface area (Å²) in [5.41, 5.74) is 2.34. The third-order valence-corrected chi connectivity index (χ3v) is 3.70. The zero-order valence-corrected chi connectivity index (χ0v) is 14.4. The molecule has 0 aliphatic carbocycles. The van der Waals surface area contributed by atoms with Crippen LogP contribution in [-0.4, -0.2) is 30.5 Å².